The Bertz CT molecular complexity index is 514. The Morgan fingerprint density at radius 2 is 2.12 bits per heavy atom. The van der Waals surface area contributed by atoms with Gasteiger partial charge in [0.2, 0.25) is 0 Å². The topological polar surface area (TPSA) is 20.2 Å². The summed E-state index contributed by atoms with van der Waals surface area (Å²) in [6.45, 7) is 0. The minimum absolute atomic E-state index is 0.229. The number of benzene rings is 1. The summed E-state index contributed by atoms with van der Waals surface area (Å²) >= 11 is 10.4. The molecular weight excluding hydrogens is 315 g/mol. The lowest BCUT2D eigenvalue weighted by molar-refractivity contribution is 0.219. The Balaban J connectivity index is 2.41. The zero-order chi connectivity index (χ0) is 11.7. The first-order valence-electron chi connectivity index (χ1n) is 4.45. The minimum Gasteiger partial charge on any atom is -0.383 e. The number of hydrogen-bond acceptors (Lipinski definition) is 2. The second kappa shape index (κ2) is 4.84. The molecule has 1 aromatic carbocycles. The van der Waals surface area contributed by atoms with Crippen LogP contribution in [0.2, 0.25) is 5.02 Å². The van der Waals surface area contributed by atoms with Crippen molar-refractivity contribution in [1.29, 1.82) is 0 Å². The summed E-state index contributed by atoms with van der Waals surface area (Å²) in [6, 6.07) is 6.23. The minimum atomic E-state index is -1.01. The molecule has 0 aliphatic rings. The van der Waals surface area contributed by atoms with Gasteiger partial charge in [-0.05, 0) is 23.6 Å². The van der Waals surface area contributed by atoms with Crippen molar-refractivity contribution in [2.75, 3.05) is 0 Å². The van der Waals surface area contributed by atoms with Gasteiger partial charge in [0.05, 0.1) is 9.90 Å². The molecule has 0 aliphatic heterocycles. The Labute approximate surface area is 110 Å². The molecule has 0 radical (unpaired) electrons. The first kappa shape index (κ1) is 12.0. The number of thiophene rings is 1. The van der Waals surface area contributed by atoms with Crippen molar-refractivity contribution >= 4 is 38.9 Å². The second-order valence-electron chi connectivity index (χ2n) is 3.20. The van der Waals surface area contributed by atoms with E-state index in [0.717, 1.165) is 0 Å². The van der Waals surface area contributed by atoms with Crippen molar-refractivity contribution in [1.82, 2.24) is 0 Å². The third-order valence-electron chi connectivity index (χ3n) is 2.15. The van der Waals surface area contributed by atoms with E-state index < -0.39 is 11.9 Å². The summed E-state index contributed by atoms with van der Waals surface area (Å²) in [7, 11) is 0. The molecule has 1 N–H and O–H groups in total. The van der Waals surface area contributed by atoms with Crippen LogP contribution in [0.4, 0.5) is 4.39 Å². The molecule has 1 atom stereocenters. The first-order valence-corrected chi connectivity index (χ1v) is 6.50. The number of aliphatic hydroxyl groups excluding tert-OH is 1. The third-order valence-corrected chi connectivity index (χ3v) is 4.05. The standard InChI is InChI=1S/C11H7BrClFOS/c12-6-1-2-7(9(14)5-6)10(15)11-8(13)3-4-16-11/h1-5,10,15H. The average molecular weight is 322 g/mol. The molecule has 2 rings (SSSR count). The fourth-order valence-corrected chi connectivity index (χ4v) is 2.86. The average Bonchev–Trinajstić information content (AvgIpc) is 2.63. The predicted molar refractivity (Wildman–Crippen MR) is 67.5 cm³/mol. The van der Waals surface area contributed by atoms with Crippen LogP contribution in [-0.4, -0.2) is 5.11 Å². The molecule has 0 saturated heterocycles. The molecule has 2 aromatic rings. The van der Waals surface area contributed by atoms with E-state index >= 15 is 0 Å². The first-order chi connectivity index (χ1) is 7.59. The third kappa shape index (κ3) is 2.30. The van der Waals surface area contributed by atoms with E-state index in [0.29, 0.717) is 14.4 Å². The zero-order valence-corrected chi connectivity index (χ0v) is 11.1. The van der Waals surface area contributed by atoms with Crippen LogP contribution < -0.4 is 0 Å². The van der Waals surface area contributed by atoms with E-state index in [9.17, 15) is 9.50 Å². The number of hydrogen-bond donors (Lipinski definition) is 1. The van der Waals surface area contributed by atoms with Gasteiger partial charge in [-0.15, -0.1) is 11.3 Å². The summed E-state index contributed by atoms with van der Waals surface area (Å²) in [4.78, 5) is 0.558. The van der Waals surface area contributed by atoms with E-state index in [4.69, 9.17) is 11.6 Å². The van der Waals surface area contributed by atoms with Gasteiger partial charge >= 0.3 is 0 Å². The predicted octanol–water partition coefficient (Wildman–Crippen LogP) is 4.38. The van der Waals surface area contributed by atoms with Crippen molar-refractivity contribution in [2.45, 2.75) is 6.10 Å². The van der Waals surface area contributed by atoms with Crippen LogP contribution in [-0.2, 0) is 0 Å². The second-order valence-corrected chi connectivity index (χ2v) is 5.47. The molecule has 0 amide bonds. The van der Waals surface area contributed by atoms with E-state index in [-0.39, 0.29) is 5.56 Å². The zero-order valence-electron chi connectivity index (χ0n) is 7.95. The van der Waals surface area contributed by atoms with E-state index in [1.807, 2.05) is 0 Å². The van der Waals surface area contributed by atoms with Gasteiger partial charge in [-0.2, -0.15) is 0 Å². The van der Waals surface area contributed by atoms with Gasteiger partial charge in [0.1, 0.15) is 11.9 Å². The van der Waals surface area contributed by atoms with Crippen molar-refractivity contribution < 1.29 is 9.50 Å². The maximum atomic E-state index is 13.6. The highest BCUT2D eigenvalue weighted by Gasteiger charge is 2.18. The Kier molecular flexibility index (Phi) is 3.64. The molecule has 1 unspecified atom stereocenters. The number of aliphatic hydroxyl groups is 1. The Hall–Kier alpha value is -0.420. The SMILES string of the molecule is OC(c1ccc(Br)cc1F)c1sccc1Cl. The molecule has 0 fully saturated rings. The summed E-state index contributed by atoms with van der Waals surface area (Å²) in [5.41, 5.74) is 0.229. The van der Waals surface area contributed by atoms with E-state index in [1.165, 1.54) is 17.4 Å². The highest BCUT2D eigenvalue weighted by molar-refractivity contribution is 9.10. The molecule has 1 heterocycles. The van der Waals surface area contributed by atoms with Gasteiger partial charge in [0.15, 0.2) is 0 Å². The van der Waals surface area contributed by atoms with Crippen LogP contribution >= 0.6 is 38.9 Å². The molecule has 1 nitrogen and oxygen atoms in total. The maximum absolute atomic E-state index is 13.6. The molecule has 0 spiro atoms. The van der Waals surface area contributed by atoms with Crippen LogP contribution in [0, 0.1) is 5.82 Å². The van der Waals surface area contributed by atoms with E-state index in [2.05, 4.69) is 15.9 Å². The van der Waals surface area contributed by atoms with Crippen molar-refractivity contribution in [2.24, 2.45) is 0 Å². The maximum Gasteiger partial charge on any atom is 0.130 e. The number of rotatable bonds is 2. The van der Waals surface area contributed by atoms with Crippen molar-refractivity contribution in [3.05, 3.63) is 55.4 Å². The lowest BCUT2D eigenvalue weighted by atomic mass is 10.1. The molecule has 1 aromatic heterocycles. The monoisotopic (exact) mass is 320 g/mol. The lowest BCUT2D eigenvalue weighted by Gasteiger charge is -2.11. The van der Waals surface area contributed by atoms with Crippen LogP contribution in [0.1, 0.15) is 16.5 Å². The van der Waals surface area contributed by atoms with Crippen LogP contribution in [0.3, 0.4) is 0 Å². The van der Waals surface area contributed by atoms with Gasteiger partial charge in [-0.25, -0.2) is 4.39 Å². The van der Waals surface area contributed by atoms with Gasteiger partial charge in [-0.3, -0.25) is 0 Å². The van der Waals surface area contributed by atoms with E-state index in [1.54, 1.807) is 23.6 Å². The van der Waals surface area contributed by atoms with Crippen LogP contribution in [0.5, 0.6) is 0 Å². The largest absolute Gasteiger partial charge is 0.383 e. The van der Waals surface area contributed by atoms with Crippen molar-refractivity contribution in [3.8, 4) is 0 Å². The molecule has 0 bridgehead atoms. The van der Waals surface area contributed by atoms with Gasteiger partial charge in [-0.1, -0.05) is 33.6 Å². The smallest absolute Gasteiger partial charge is 0.130 e. The summed E-state index contributed by atoms with van der Waals surface area (Å²) < 4.78 is 14.2. The fourth-order valence-electron chi connectivity index (χ4n) is 1.37. The Morgan fingerprint density at radius 3 is 2.69 bits per heavy atom. The molecule has 0 aliphatic carbocycles. The summed E-state index contributed by atoms with van der Waals surface area (Å²) in [5, 5.41) is 12.2. The van der Waals surface area contributed by atoms with Gasteiger partial charge in [0, 0.05) is 10.0 Å². The quantitative estimate of drug-likeness (QED) is 0.870. The number of halogens is 3. The molecule has 84 valence electrons. The molecule has 0 saturated carbocycles. The Morgan fingerprint density at radius 1 is 1.38 bits per heavy atom. The lowest BCUT2D eigenvalue weighted by Crippen LogP contribution is -2.00. The fraction of sp³-hybridized carbons (Fsp3) is 0.0909. The summed E-state index contributed by atoms with van der Waals surface area (Å²) in [6.07, 6.45) is -1.01. The van der Waals surface area contributed by atoms with Crippen molar-refractivity contribution in [3.63, 3.8) is 0 Å². The molecule has 16 heavy (non-hydrogen) atoms. The normalized spacial score (nSPS) is 12.8. The van der Waals surface area contributed by atoms with Crippen LogP contribution in [0.15, 0.2) is 34.1 Å². The molecule has 5 heteroatoms. The molecular formula is C11H7BrClFOS. The van der Waals surface area contributed by atoms with Crippen LogP contribution in [0.25, 0.3) is 0 Å². The van der Waals surface area contributed by atoms with Gasteiger partial charge in [0.25, 0.3) is 0 Å². The highest BCUT2D eigenvalue weighted by Crippen LogP contribution is 2.34. The van der Waals surface area contributed by atoms with Gasteiger partial charge < -0.3 is 5.11 Å². The summed E-state index contributed by atoms with van der Waals surface area (Å²) in [5.74, 6) is -0.452. The highest BCUT2D eigenvalue weighted by atomic mass is 79.9.